The monoisotopic (exact) mass is 281 g/mol. The summed E-state index contributed by atoms with van der Waals surface area (Å²) in [6.07, 6.45) is 1.12. The van der Waals surface area contributed by atoms with Gasteiger partial charge in [0.2, 0.25) is 0 Å². The maximum absolute atomic E-state index is 11.1. The molecule has 0 amide bonds. The van der Waals surface area contributed by atoms with Crippen LogP contribution in [-0.2, 0) is 16.1 Å². The predicted molar refractivity (Wildman–Crippen MR) is 76.8 cm³/mol. The molecule has 1 rings (SSSR count). The van der Waals surface area contributed by atoms with E-state index in [0.717, 1.165) is 5.56 Å². The molecule has 0 spiro atoms. The van der Waals surface area contributed by atoms with E-state index in [2.05, 4.69) is 5.32 Å². The van der Waals surface area contributed by atoms with Gasteiger partial charge in [-0.25, -0.2) is 0 Å². The highest BCUT2D eigenvalue weighted by Crippen LogP contribution is 2.29. The van der Waals surface area contributed by atoms with Crippen molar-refractivity contribution in [1.82, 2.24) is 5.32 Å². The van der Waals surface area contributed by atoms with Crippen molar-refractivity contribution in [2.75, 3.05) is 19.8 Å². The van der Waals surface area contributed by atoms with Gasteiger partial charge in [0.1, 0.15) is 0 Å². The molecule has 0 aliphatic rings. The van der Waals surface area contributed by atoms with E-state index >= 15 is 0 Å². The second kappa shape index (κ2) is 9.20. The van der Waals surface area contributed by atoms with Gasteiger partial charge in [0.15, 0.2) is 11.5 Å². The maximum atomic E-state index is 11.1. The Morgan fingerprint density at radius 2 is 2.10 bits per heavy atom. The highest BCUT2D eigenvalue weighted by Gasteiger charge is 2.07. The molecule has 0 saturated heterocycles. The van der Waals surface area contributed by atoms with E-state index in [1.54, 1.807) is 13.0 Å². The Morgan fingerprint density at radius 1 is 1.30 bits per heavy atom. The molecule has 20 heavy (non-hydrogen) atoms. The molecule has 0 bridgehead atoms. The Kier molecular flexibility index (Phi) is 7.50. The standard InChI is InChI=1S/C15H23NO4/c1-3-19-13-8-5-7-12(15(13)18)11-16-10-6-9-14(17)20-4-2/h5,7-8,16,18H,3-4,6,9-11H2,1-2H3. The first-order valence-corrected chi connectivity index (χ1v) is 6.99. The van der Waals surface area contributed by atoms with Gasteiger partial charge < -0.3 is 19.9 Å². The van der Waals surface area contributed by atoms with Gasteiger partial charge in [-0.2, -0.15) is 0 Å². The third-order valence-corrected chi connectivity index (χ3v) is 2.74. The molecule has 0 unspecified atom stereocenters. The van der Waals surface area contributed by atoms with E-state index in [1.807, 2.05) is 19.1 Å². The molecular formula is C15H23NO4. The third-order valence-electron chi connectivity index (χ3n) is 2.74. The van der Waals surface area contributed by atoms with Crippen LogP contribution >= 0.6 is 0 Å². The molecule has 0 radical (unpaired) electrons. The van der Waals surface area contributed by atoms with Crippen LogP contribution in [0.5, 0.6) is 11.5 Å². The van der Waals surface area contributed by atoms with Crippen molar-refractivity contribution in [3.63, 3.8) is 0 Å². The largest absolute Gasteiger partial charge is 0.504 e. The summed E-state index contributed by atoms with van der Waals surface area (Å²) in [6.45, 7) is 5.84. The molecule has 5 nitrogen and oxygen atoms in total. The highest BCUT2D eigenvalue weighted by atomic mass is 16.5. The molecule has 5 heteroatoms. The summed E-state index contributed by atoms with van der Waals surface area (Å²) in [7, 11) is 0. The number of rotatable bonds is 9. The smallest absolute Gasteiger partial charge is 0.305 e. The number of esters is 1. The van der Waals surface area contributed by atoms with E-state index in [4.69, 9.17) is 9.47 Å². The number of carbonyl (C=O) groups excluding carboxylic acids is 1. The van der Waals surface area contributed by atoms with E-state index in [0.29, 0.717) is 44.9 Å². The average molecular weight is 281 g/mol. The van der Waals surface area contributed by atoms with Gasteiger partial charge in [-0.15, -0.1) is 0 Å². The molecule has 0 aromatic heterocycles. The predicted octanol–water partition coefficient (Wildman–Crippen LogP) is 2.22. The molecule has 0 aliphatic carbocycles. The Morgan fingerprint density at radius 3 is 2.80 bits per heavy atom. The Hall–Kier alpha value is -1.75. The first kappa shape index (κ1) is 16.3. The van der Waals surface area contributed by atoms with Crippen molar-refractivity contribution in [2.45, 2.75) is 33.2 Å². The lowest BCUT2D eigenvalue weighted by atomic mass is 10.2. The first-order chi connectivity index (χ1) is 9.69. The number of phenolic OH excluding ortho intramolecular Hbond substituents is 1. The highest BCUT2D eigenvalue weighted by molar-refractivity contribution is 5.69. The Labute approximate surface area is 119 Å². The maximum Gasteiger partial charge on any atom is 0.305 e. The number of ether oxygens (including phenoxy) is 2. The summed E-state index contributed by atoms with van der Waals surface area (Å²) in [6, 6.07) is 5.43. The summed E-state index contributed by atoms with van der Waals surface area (Å²) in [5.74, 6) is 0.501. The summed E-state index contributed by atoms with van der Waals surface area (Å²) < 4.78 is 10.2. The van der Waals surface area contributed by atoms with Crippen LogP contribution in [0.25, 0.3) is 0 Å². The molecule has 0 saturated carbocycles. The van der Waals surface area contributed by atoms with Crippen LogP contribution in [0.1, 0.15) is 32.3 Å². The lowest BCUT2D eigenvalue weighted by Gasteiger charge is -2.10. The summed E-state index contributed by atoms with van der Waals surface area (Å²) in [4.78, 5) is 11.1. The number of nitrogens with one attached hydrogen (secondary N) is 1. The number of hydrogen-bond acceptors (Lipinski definition) is 5. The summed E-state index contributed by atoms with van der Waals surface area (Å²) in [5, 5.41) is 13.2. The minimum absolute atomic E-state index is 0.171. The zero-order chi connectivity index (χ0) is 14.8. The van der Waals surface area contributed by atoms with Crippen molar-refractivity contribution in [2.24, 2.45) is 0 Å². The third kappa shape index (κ3) is 5.48. The number of hydrogen-bond donors (Lipinski definition) is 2. The molecule has 1 aromatic carbocycles. The second-order valence-corrected chi connectivity index (χ2v) is 4.28. The quantitative estimate of drug-likeness (QED) is 0.536. The van der Waals surface area contributed by atoms with Crippen LogP contribution in [0.2, 0.25) is 0 Å². The van der Waals surface area contributed by atoms with Gasteiger partial charge in [-0.05, 0) is 32.9 Å². The number of carbonyl (C=O) groups is 1. The minimum Gasteiger partial charge on any atom is -0.504 e. The van der Waals surface area contributed by atoms with Crippen LogP contribution in [0.4, 0.5) is 0 Å². The first-order valence-electron chi connectivity index (χ1n) is 6.99. The topological polar surface area (TPSA) is 67.8 Å². The lowest BCUT2D eigenvalue weighted by molar-refractivity contribution is -0.143. The zero-order valence-corrected chi connectivity index (χ0v) is 12.1. The normalized spacial score (nSPS) is 10.3. The van der Waals surface area contributed by atoms with E-state index in [1.165, 1.54) is 0 Å². The van der Waals surface area contributed by atoms with Crippen molar-refractivity contribution in [3.05, 3.63) is 23.8 Å². The minimum atomic E-state index is -0.171. The molecule has 112 valence electrons. The van der Waals surface area contributed by atoms with Crippen LogP contribution in [-0.4, -0.2) is 30.8 Å². The fourth-order valence-electron chi connectivity index (χ4n) is 1.80. The van der Waals surface area contributed by atoms with Gasteiger partial charge >= 0.3 is 5.97 Å². The van der Waals surface area contributed by atoms with Crippen molar-refractivity contribution in [3.8, 4) is 11.5 Å². The van der Waals surface area contributed by atoms with Crippen molar-refractivity contribution >= 4 is 5.97 Å². The van der Waals surface area contributed by atoms with Crippen LogP contribution in [0.3, 0.4) is 0 Å². The van der Waals surface area contributed by atoms with Gasteiger partial charge in [-0.1, -0.05) is 12.1 Å². The second-order valence-electron chi connectivity index (χ2n) is 4.28. The van der Waals surface area contributed by atoms with Crippen molar-refractivity contribution < 1.29 is 19.4 Å². The Bertz CT molecular complexity index is 420. The molecule has 0 atom stereocenters. The number of phenols is 1. The molecule has 0 fully saturated rings. The molecule has 1 aromatic rings. The van der Waals surface area contributed by atoms with Gasteiger partial charge in [0.05, 0.1) is 13.2 Å². The van der Waals surface area contributed by atoms with Crippen molar-refractivity contribution in [1.29, 1.82) is 0 Å². The number of para-hydroxylation sites is 1. The van der Waals surface area contributed by atoms with Crippen LogP contribution in [0.15, 0.2) is 18.2 Å². The van der Waals surface area contributed by atoms with Crippen LogP contribution in [0, 0.1) is 0 Å². The lowest BCUT2D eigenvalue weighted by Crippen LogP contribution is -2.16. The number of aromatic hydroxyl groups is 1. The van der Waals surface area contributed by atoms with Gasteiger partial charge in [-0.3, -0.25) is 4.79 Å². The van der Waals surface area contributed by atoms with E-state index < -0.39 is 0 Å². The zero-order valence-electron chi connectivity index (χ0n) is 12.1. The number of benzene rings is 1. The van der Waals surface area contributed by atoms with E-state index in [9.17, 15) is 9.90 Å². The van der Waals surface area contributed by atoms with E-state index in [-0.39, 0.29) is 11.7 Å². The van der Waals surface area contributed by atoms with Gasteiger partial charge in [0.25, 0.3) is 0 Å². The fourth-order valence-corrected chi connectivity index (χ4v) is 1.80. The molecule has 0 heterocycles. The summed E-state index contributed by atoms with van der Waals surface area (Å²) >= 11 is 0. The molecule has 2 N–H and O–H groups in total. The molecular weight excluding hydrogens is 258 g/mol. The Balaban J connectivity index is 2.32. The van der Waals surface area contributed by atoms with Crippen LogP contribution < -0.4 is 10.1 Å². The molecule has 0 aliphatic heterocycles. The average Bonchev–Trinajstić information content (AvgIpc) is 2.43. The summed E-state index contributed by atoms with van der Waals surface area (Å²) in [5.41, 5.74) is 0.784. The fraction of sp³-hybridized carbons (Fsp3) is 0.533. The SMILES string of the molecule is CCOC(=O)CCCNCc1cccc(OCC)c1O. The van der Waals surface area contributed by atoms with Gasteiger partial charge in [0, 0.05) is 18.5 Å².